The largest absolute Gasteiger partial charge is 0.476 e. The molecule has 2 aromatic heterocycles. The number of pyridine rings is 1. The molecule has 0 bridgehead atoms. The number of nitrogens with zero attached hydrogens (tertiary/aromatic N) is 4. The number of ether oxygens (including phenoxy) is 1. The molecule has 8 heteroatoms. The van der Waals surface area contributed by atoms with Gasteiger partial charge in [-0.25, -0.2) is 0 Å². The Balaban J connectivity index is 1.69. The predicted octanol–water partition coefficient (Wildman–Crippen LogP) is 1.83. The van der Waals surface area contributed by atoms with Crippen molar-refractivity contribution in [3.05, 3.63) is 40.2 Å². The lowest BCUT2D eigenvalue weighted by Crippen LogP contribution is -2.00. The molecule has 8 nitrogen and oxygen atoms in total. The quantitative estimate of drug-likeness (QED) is 0.597. The van der Waals surface area contributed by atoms with Crippen molar-refractivity contribution in [1.82, 2.24) is 15.2 Å². The first-order valence-electron chi connectivity index (χ1n) is 5.78. The van der Waals surface area contributed by atoms with Crippen molar-refractivity contribution in [2.24, 2.45) is 0 Å². The summed E-state index contributed by atoms with van der Waals surface area (Å²) in [5, 5.41) is 18.5. The Hall–Kier alpha value is -2.51. The second kappa shape index (κ2) is 4.63. The molecule has 0 amide bonds. The summed E-state index contributed by atoms with van der Waals surface area (Å²) in [5.74, 6) is 1.04. The van der Waals surface area contributed by atoms with E-state index in [0.717, 1.165) is 12.8 Å². The van der Waals surface area contributed by atoms with Crippen molar-refractivity contribution in [3.63, 3.8) is 0 Å². The summed E-state index contributed by atoms with van der Waals surface area (Å²) in [6, 6.07) is 3.04. The van der Waals surface area contributed by atoms with E-state index >= 15 is 0 Å². The lowest BCUT2D eigenvalue weighted by Gasteiger charge is -2.02. The van der Waals surface area contributed by atoms with Crippen LogP contribution in [0.5, 0.6) is 5.75 Å². The minimum atomic E-state index is -0.598. The van der Waals surface area contributed by atoms with Crippen LogP contribution in [0.1, 0.15) is 30.5 Å². The molecule has 19 heavy (non-hydrogen) atoms. The fourth-order valence-corrected chi connectivity index (χ4v) is 1.59. The minimum absolute atomic E-state index is 0.00769. The average Bonchev–Trinajstić information content (AvgIpc) is 3.16. The Bertz CT molecular complexity index is 608. The summed E-state index contributed by atoms with van der Waals surface area (Å²) < 4.78 is 10.7. The highest BCUT2D eigenvalue weighted by Crippen LogP contribution is 2.39. The van der Waals surface area contributed by atoms with E-state index < -0.39 is 4.92 Å². The van der Waals surface area contributed by atoms with Crippen LogP contribution >= 0.6 is 0 Å². The molecule has 98 valence electrons. The van der Waals surface area contributed by atoms with E-state index in [1.165, 1.54) is 12.3 Å². The maximum atomic E-state index is 10.7. The van der Waals surface area contributed by atoms with Crippen molar-refractivity contribution in [2.45, 2.75) is 25.4 Å². The van der Waals surface area contributed by atoms with Gasteiger partial charge in [-0.15, -0.1) is 10.2 Å². The van der Waals surface area contributed by atoms with Crippen LogP contribution in [-0.2, 0) is 6.61 Å². The molecule has 2 aromatic rings. The highest BCUT2D eigenvalue weighted by Gasteiger charge is 2.29. The molecular formula is C11H10N4O4. The monoisotopic (exact) mass is 262 g/mol. The Morgan fingerprint density at radius 2 is 2.32 bits per heavy atom. The summed E-state index contributed by atoms with van der Waals surface area (Å²) >= 11 is 0. The first-order valence-corrected chi connectivity index (χ1v) is 5.78. The molecule has 0 aromatic carbocycles. The van der Waals surface area contributed by atoms with Gasteiger partial charge in [-0.3, -0.25) is 0 Å². The van der Waals surface area contributed by atoms with E-state index in [1.807, 2.05) is 0 Å². The molecule has 1 saturated carbocycles. The normalized spacial score (nSPS) is 14.3. The third-order valence-electron chi connectivity index (χ3n) is 2.68. The number of hydrogen-bond donors (Lipinski definition) is 0. The van der Waals surface area contributed by atoms with Gasteiger partial charge in [-0.05, 0) is 34.9 Å². The van der Waals surface area contributed by atoms with Gasteiger partial charge >= 0.3 is 5.82 Å². The van der Waals surface area contributed by atoms with E-state index in [0.29, 0.717) is 17.7 Å². The molecule has 0 N–H and O–H groups in total. The fraction of sp³-hybridized carbons (Fsp3) is 0.364. The van der Waals surface area contributed by atoms with Crippen LogP contribution in [0, 0.1) is 10.1 Å². The van der Waals surface area contributed by atoms with Crippen LogP contribution in [0.2, 0.25) is 0 Å². The molecule has 0 unspecified atom stereocenters. The molecule has 0 radical (unpaired) electrons. The van der Waals surface area contributed by atoms with E-state index in [-0.39, 0.29) is 18.2 Å². The van der Waals surface area contributed by atoms with E-state index in [4.69, 9.17) is 9.15 Å². The van der Waals surface area contributed by atoms with Gasteiger partial charge in [0, 0.05) is 5.92 Å². The summed E-state index contributed by atoms with van der Waals surface area (Å²) in [6.45, 7) is -0.00769. The molecule has 3 rings (SSSR count). The molecule has 0 aliphatic heterocycles. The minimum Gasteiger partial charge on any atom is -0.476 e. The number of nitro groups is 1. The summed E-state index contributed by atoms with van der Waals surface area (Å²) in [7, 11) is 0. The fourth-order valence-electron chi connectivity index (χ4n) is 1.59. The van der Waals surface area contributed by atoms with Crippen LogP contribution in [0.15, 0.2) is 22.7 Å². The molecule has 1 aliphatic rings. The van der Waals surface area contributed by atoms with E-state index in [2.05, 4.69) is 15.2 Å². The SMILES string of the molecule is O=[N+]([O-])c1ncccc1OCc1nnc(C2CC2)o1. The Kier molecular flexibility index (Phi) is 2.82. The zero-order chi connectivity index (χ0) is 13.2. The standard InChI is InChI=1S/C11H10N4O4/c16-15(17)10-8(2-1-5-12-10)18-6-9-13-14-11(19-9)7-3-4-7/h1-2,5,7H,3-4,6H2. The van der Waals surface area contributed by atoms with Gasteiger partial charge in [-0.2, -0.15) is 0 Å². The van der Waals surface area contributed by atoms with Crippen LogP contribution in [0.25, 0.3) is 0 Å². The van der Waals surface area contributed by atoms with Crippen LogP contribution in [-0.4, -0.2) is 20.1 Å². The molecular weight excluding hydrogens is 252 g/mol. The summed E-state index contributed by atoms with van der Waals surface area (Å²) in [6.07, 6.45) is 3.47. The summed E-state index contributed by atoms with van der Waals surface area (Å²) in [5.41, 5.74) is 0. The molecule has 0 spiro atoms. The number of aromatic nitrogens is 3. The van der Waals surface area contributed by atoms with Crippen LogP contribution in [0.4, 0.5) is 5.82 Å². The van der Waals surface area contributed by atoms with Gasteiger partial charge in [0.2, 0.25) is 11.6 Å². The lowest BCUT2D eigenvalue weighted by atomic mass is 10.4. The Morgan fingerprint density at radius 3 is 3.05 bits per heavy atom. The Labute approximate surface area is 107 Å². The highest BCUT2D eigenvalue weighted by molar-refractivity contribution is 5.38. The van der Waals surface area contributed by atoms with E-state index in [9.17, 15) is 10.1 Å². The van der Waals surface area contributed by atoms with Gasteiger partial charge in [0.1, 0.15) is 6.20 Å². The van der Waals surface area contributed by atoms with Gasteiger partial charge < -0.3 is 19.3 Å². The molecule has 0 atom stereocenters. The van der Waals surface area contributed by atoms with Crippen molar-refractivity contribution in [3.8, 4) is 5.75 Å². The zero-order valence-electron chi connectivity index (χ0n) is 9.85. The van der Waals surface area contributed by atoms with Crippen molar-refractivity contribution in [2.75, 3.05) is 0 Å². The second-order valence-electron chi connectivity index (χ2n) is 4.18. The zero-order valence-corrected chi connectivity index (χ0v) is 9.85. The Morgan fingerprint density at radius 1 is 1.47 bits per heavy atom. The van der Waals surface area contributed by atoms with Crippen molar-refractivity contribution in [1.29, 1.82) is 0 Å². The van der Waals surface area contributed by atoms with Gasteiger partial charge in [0.05, 0.1) is 0 Å². The molecule has 2 heterocycles. The summed E-state index contributed by atoms with van der Waals surface area (Å²) in [4.78, 5) is 13.8. The van der Waals surface area contributed by atoms with Gasteiger partial charge in [-0.1, -0.05) is 0 Å². The van der Waals surface area contributed by atoms with Crippen molar-refractivity contribution < 1.29 is 14.1 Å². The lowest BCUT2D eigenvalue weighted by molar-refractivity contribution is -0.390. The first kappa shape index (κ1) is 11.6. The van der Waals surface area contributed by atoms with E-state index in [1.54, 1.807) is 6.07 Å². The average molecular weight is 262 g/mol. The van der Waals surface area contributed by atoms with Crippen LogP contribution < -0.4 is 4.74 Å². The third-order valence-corrected chi connectivity index (χ3v) is 2.68. The van der Waals surface area contributed by atoms with Gasteiger partial charge in [0.25, 0.3) is 5.89 Å². The maximum Gasteiger partial charge on any atom is 0.406 e. The van der Waals surface area contributed by atoms with Crippen LogP contribution in [0.3, 0.4) is 0 Å². The number of hydrogen-bond acceptors (Lipinski definition) is 7. The topological polar surface area (TPSA) is 104 Å². The smallest absolute Gasteiger partial charge is 0.406 e. The highest BCUT2D eigenvalue weighted by atomic mass is 16.6. The van der Waals surface area contributed by atoms with Crippen molar-refractivity contribution >= 4 is 5.82 Å². The predicted molar refractivity (Wildman–Crippen MR) is 61.5 cm³/mol. The third kappa shape index (κ3) is 2.51. The number of rotatable bonds is 5. The second-order valence-corrected chi connectivity index (χ2v) is 4.18. The van der Waals surface area contributed by atoms with Gasteiger partial charge in [0.15, 0.2) is 6.61 Å². The maximum absolute atomic E-state index is 10.7. The molecule has 0 saturated heterocycles. The molecule has 1 fully saturated rings. The first-order chi connectivity index (χ1) is 9.24. The molecule has 1 aliphatic carbocycles.